The molecule has 2 heterocycles. The largest absolute Gasteiger partial charge is 0.381 e. The maximum absolute atomic E-state index is 4.24. The average molecular weight is 363 g/mol. The number of hydrogen-bond donors (Lipinski definition) is 1. The molecule has 1 aromatic heterocycles. The van der Waals surface area contributed by atoms with Crippen molar-refractivity contribution in [2.24, 2.45) is 7.05 Å². The lowest BCUT2D eigenvalue weighted by Gasteiger charge is -2.24. The summed E-state index contributed by atoms with van der Waals surface area (Å²) in [4.78, 5) is 2.48. The topological polar surface area (TPSA) is 33.1 Å². The lowest BCUT2D eigenvalue weighted by Crippen LogP contribution is -2.23. The Kier molecular flexibility index (Phi) is 4.71. The zero-order valence-electron chi connectivity index (χ0n) is 13.2. The molecule has 3 rings (SSSR count). The minimum Gasteiger partial charge on any atom is -0.381 e. The molecule has 0 bridgehead atoms. The van der Waals surface area contributed by atoms with E-state index >= 15 is 0 Å². The molecule has 118 valence electrons. The molecule has 1 unspecified atom stereocenters. The Labute approximate surface area is 140 Å². The fourth-order valence-electron chi connectivity index (χ4n) is 3.10. The SMILES string of the molecule is CC(Cc1cnn(C)c1)Nc1cc(Br)ccc1N1CCCC1. The molecule has 5 heteroatoms. The van der Waals surface area contributed by atoms with Crippen LogP contribution in [0.15, 0.2) is 35.1 Å². The molecule has 4 nitrogen and oxygen atoms in total. The van der Waals surface area contributed by atoms with E-state index in [9.17, 15) is 0 Å². The molecule has 1 aromatic carbocycles. The third-order valence-electron chi connectivity index (χ3n) is 4.11. The summed E-state index contributed by atoms with van der Waals surface area (Å²) >= 11 is 3.59. The van der Waals surface area contributed by atoms with Crippen LogP contribution >= 0.6 is 15.9 Å². The van der Waals surface area contributed by atoms with Gasteiger partial charge in [-0.15, -0.1) is 0 Å². The van der Waals surface area contributed by atoms with Crippen molar-refractivity contribution in [3.8, 4) is 0 Å². The van der Waals surface area contributed by atoms with Gasteiger partial charge in [-0.25, -0.2) is 0 Å². The second kappa shape index (κ2) is 6.73. The Bertz CT molecular complexity index is 631. The van der Waals surface area contributed by atoms with Gasteiger partial charge in [0, 0.05) is 36.8 Å². The van der Waals surface area contributed by atoms with E-state index in [4.69, 9.17) is 0 Å². The number of hydrogen-bond acceptors (Lipinski definition) is 3. The predicted molar refractivity (Wildman–Crippen MR) is 95.6 cm³/mol. The number of anilines is 2. The van der Waals surface area contributed by atoms with Crippen molar-refractivity contribution < 1.29 is 0 Å². The molecule has 0 radical (unpaired) electrons. The van der Waals surface area contributed by atoms with Gasteiger partial charge in [-0.05, 0) is 49.9 Å². The number of nitrogens with one attached hydrogen (secondary N) is 1. The number of aryl methyl sites for hydroxylation is 1. The summed E-state index contributed by atoms with van der Waals surface area (Å²) < 4.78 is 2.98. The maximum atomic E-state index is 4.24. The highest BCUT2D eigenvalue weighted by Gasteiger charge is 2.17. The molecular formula is C17H23BrN4. The van der Waals surface area contributed by atoms with Crippen molar-refractivity contribution in [3.63, 3.8) is 0 Å². The van der Waals surface area contributed by atoms with Crippen LogP contribution in [0.25, 0.3) is 0 Å². The summed E-state index contributed by atoms with van der Waals surface area (Å²) in [7, 11) is 1.96. The third-order valence-corrected chi connectivity index (χ3v) is 4.60. The molecule has 0 amide bonds. The van der Waals surface area contributed by atoms with Gasteiger partial charge < -0.3 is 10.2 Å². The van der Waals surface area contributed by atoms with E-state index in [1.807, 2.05) is 17.9 Å². The van der Waals surface area contributed by atoms with E-state index < -0.39 is 0 Å². The minimum absolute atomic E-state index is 0.361. The molecular weight excluding hydrogens is 340 g/mol. The lowest BCUT2D eigenvalue weighted by molar-refractivity contribution is 0.761. The number of rotatable bonds is 5. The smallest absolute Gasteiger partial charge is 0.0602 e. The van der Waals surface area contributed by atoms with E-state index in [-0.39, 0.29) is 0 Å². The van der Waals surface area contributed by atoms with Crippen LogP contribution < -0.4 is 10.2 Å². The van der Waals surface area contributed by atoms with Gasteiger partial charge in [0.1, 0.15) is 0 Å². The molecule has 1 saturated heterocycles. The van der Waals surface area contributed by atoms with Crippen LogP contribution in [0.2, 0.25) is 0 Å². The molecule has 1 atom stereocenters. The van der Waals surface area contributed by atoms with Gasteiger partial charge >= 0.3 is 0 Å². The van der Waals surface area contributed by atoms with E-state index in [2.05, 4.69) is 62.6 Å². The molecule has 0 saturated carbocycles. The van der Waals surface area contributed by atoms with E-state index in [0.717, 1.165) is 24.0 Å². The van der Waals surface area contributed by atoms with Gasteiger partial charge in [-0.2, -0.15) is 5.10 Å². The Morgan fingerprint density at radius 3 is 2.77 bits per heavy atom. The van der Waals surface area contributed by atoms with Gasteiger partial charge in [0.25, 0.3) is 0 Å². The Morgan fingerprint density at radius 1 is 1.32 bits per heavy atom. The maximum Gasteiger partial charge on any atom is 0.0602 e. The molecule has 0 aliphatic carbocycles. The van der Waals surface area contributed by atoms with Crippen LogP contribution in [0.4, 0.5) is 11.4 Å². The van der Waals surface area contributed by atoms with Crippen molar-refractivity contribution >= 4 is 27.3 Å². The summed E-state index contributed by atoms with van der Waals surface area (Å²) in [5.41, 5.74) is 3.80. The Balaban J connectivity index is 1.74. The van der Waals surface area contributed by atoms with Gasteiger partial charge in [0.2, 0.25) is 0 Å². The van der Waals surface area contributed by atoms with Crippen molar-refractivity contribution in [1.29, 1.82) is 0 Å². The van der Waals surface area contributed by atoms with Gasteiger partial charge in [-0.1, -0.05) is 15.9 Å². The van der Waals surface area contributed by atoms with Crippen molar-refractivity contribution in [2.45, 2.75) is 32.2 Å². The minimum atomic E-state index is 0.361. The summed E-state index contributed by atoms with van der Waals surface area (Å²) in [6.45, 7) is 4.54. The molecule has 2 aromatic rings. The van der Waals surface area contributed by atoms with Crippen molar-refractivity contribution in [1.82, 2.24) is 9.78 Å². The number of aromatic nitrogens is 2. The van der Waals surface area contributed by atoms with Crippen LogP contribution in [0.1, 0.15) is 25.3 Å². The first-order valence-electron chi connectivity index (χ1n) is 7.90. The number of benzene rings is 1. The van der Waals surface area contributed by atoms with Crippen molar-refractivity contribution in [3.05, 3.63) is 40.6 Å². The molecule has 22 heavy (non-hydrogen) atoms. The first-order chi connectivity index (χ1) is 10.6. The van der Waals surface area contributed by atoms with Crippen LogP contribution in [-0.4, -0.2) is 28.9 Å². The van der Waals surface area contributed by atoms with Gasteiger partial charge in [0.15, 0.2) is 0 Å². The van der Waals surface area contributed by atoms with Crippen molar-refractivity contribution in [2.75, 3.05) is 23.3 Å². The zero-order valence-corrected chi connectivity index (χ0v) is 14.8. The Hall–Kier alpha value is -1.49. The fraction of sp³-hybridized carbons (Fsp3) is 0.471. The second-order valence-electron chi connectivity index (χ2n) is 6.13. The van der Waals surface area contributed by atoms with Crippen LogP contribution in [0.5, 0.6) is 0 Å². The quantitative estimate of drug-likeness (QED) is 0.877. The first kappa shape index (κ1) is 15.4. The standard InChI is InChI=1S/C17H23BrN4/c1-13(9-14-11-19-21(2)12-14)20-16-10-15(18)5-6-17(16)22-7-3-4-8-22/h5-6,10-13,20H,3-4,7-9H2,1-2H3. The summed E-state index contributed by atoms with van der Waals surface area (Å²) in [5.74, 6) is 0. The monoisotopic (exact) mass is 362 g/mol. The predicted octanol–water partition coefficient (Wildman–Crippen LogP) is 3.83. The lowest BCUT2D eigenvalue weighted by atomic mass is 10.1. The summed E-state index contributed by atoms with van der Waals surface area (Å²) in [6.07, 6.45) is 7.59. The zero-order chi connectivity index (χ0) is 15.5. The normalized spacial score (nSPS) is 16.0. The van der Waals surface area contributed by atoms with E-state index in [1.54, 1.807) is 0 Å². The summed E-state index contributed by atoms with van der Waals surface area (Å²) in [5, 5.41) is 7.92. The summed E-state index contributed by atoms with van der Waals surface area (Å²) in [6, 6.07) is 6.90. The van der Waals surface area contributed by atoms with E-state index in [0.29, 0.717) is 6.04 Å². The van der Waals surface area contributed by atoms with Gasteiger partial charge in [-0.3, -0.25) is 4.68 Å². The average Bonchev–Trinajstić information content (AvgIpc) is 3.11. The number of halogens is 1. The molecule has 1 aliphatic heterocycles. The second-order valence-corrected chi connectivity index (χ2v) is 7.04. The Morgan fingerprint density at radius 2 is 2.09 bits per heavy atom. The highest BCUT2D eigenvalue weighted by Crippen LogP contribution is 2.32. The number of nitrogens with zero attached hydrogens (tertiary/aromatic N) is 3. The van der Waals surface area contributed by atoms with Crippen LogP contribution in [0, 0.1) is 0 Å². The highest BCUT2D eigenvalue weighted by atomic mass is 79.9. The molecule has 1 N–H and O–H groups in total. The fourth-order valence-corrected chi connectivity index (χ4v) is 3.47. The van der Waals surface area contributed by atoms with E-state index in [1.165, 1.54) is 29.8 Å². The van der Waals surface area contributed by atoms with Crippen LogP contribution in [0.3, 0.4) is 0 Å². The first-order valence-corrected chi connectivity index (χ1v) is 8.69. The van der Waals surface area contributed by atoms with Crippen LogP contribution in [-0.2, 0) is 13.5 Å². The molecule has 0 spiro atoms. The highest BCUT2D eigenvalue weighted by molar-refractivity contribution is 9.10. The molecule has 1 aliphatic rings. The van der Waals surface area contributed by atoms with Gasteiger partial charge in [0.05, 0.1) is 17.6 Å². The third kappa shape index (κ3) is 3.64. The molecule has 1 fully saturated rings.